The van der Waals surface area contributed by atoms with E-state index in [4.69, 9.17) is 9.47 Å². The summed E-state index contributed by atoms with van der Waals surface area (Å²) in [6.07, 6.45) is -3.75. The topological polar surface area (TPSA) is 38.8 Å². The standard InChI is InChI=1S/C20H24F3NO3/c1-18(2,3)27-17(25)24-13-11-19(26-4,12-14-24)10-9-15-5-7-16(8-6-15)20(21,22)23/h5-8H,11-14H2,1-4H3. The van der Waals surface area contributed by atoms with Crippen LogP contribution in [0.25, 0.3) is 0 Å². The number of carbonyl (C=O) groups excluding carboxylic acids is 1. The van der Waals surface area contributed by atoms with E-state index in [9.17, 15) is 18.0 Å². The molecule has 0 radical (unpaired) electrons. The molecular weight excluding hydrogens is 359 g/mol. The first-order valence-corrected chi connectivity index (χ1v) is 8.68. The lowest BCUT2D eigenvalue weighted by Gasteiger charge is -2.38. The van der Waals surface area contributed by atoms with Crippen LogP contribution >= 0.6 is 0 Å². The predicted octanol–water partition coefficient (Wildman–Crippen LogP) is 4.47. The minimum Gasteiger partial charge on any atom is -0.444 e. The highest BCUT2D eigenvalue weighted by Crippen LogP contribution is 2.29. The van der Waals surface area contributed by atoms with Gasteiger partial charge in [-0.2, -0.15) is 13.2 Å². The van der Waals surface area contributed by atoms with E-state index in [0.29, 0.717) is 31.5 Å². The molecule has 148 valence electrons. The maximum atomic E-state index is 12.6. The molecule has 2 rings (SSSR count). The van der Waals surface area contributed by atoms with Crippen LogP contribution in [0.1, 0.15) is 44.7 Å². The number of hydrogen-bond acceptors (Lipinski definition) is 3. The molecule has 1 heterocycles. The van der Waals surface area contributed by atoms with Crippen molar-refractivity contribution in [3.8, 4) is 11.8 Å². The molecule has 0 atom stereocenters. The van der Waals surface area contributed by atoms with Crippen LogP contribution in [-0.2, 0) is 15.7 Å². The molecule has 7 heteroatoms. The average molecular weight is 383 g/mol. The van der Waals surface area contributed by atoms with Crippen LogP contribution in [0.2, 0.25) is 0 Å². The van der Waals surface area contributed by atoms with E-state index in [1.165, 1.54) is 12.1 Å². The van der Waals surface area contributed by atoms with Crippen molar-refractivity contribution in [2.75, 3.05) is 20.2 Å². The smallest absolute Gasteiger partial charge is 0.416 e. The van der Waals surface area contributed by atoms with Gasteiger partial charge in [-0.25, -0.2) is 4.79 Å². The van der Waals surface area contributed by atoms with Crippen LogP contribution in [0.5, 0.6) is 0 Å². The van der Waals surface area contributed by atoms with E-state index in [0.717, 1.165) is 12.1 Å². The van der Waals surface area contributed by atoms with Gasteiger partial charge >= 0.3 is 12.3 Å². The summed E-state index contributed by atoms with van der Waals surface area (Å²) < 4.78 is 48.8. The number of hydrogen-bond donors (Lipinski definition) is 0. The number of carbonyl (C=O) groups is 1. The van der Waals surface area contributed by atoms with Crippen molar-refractivity contribution in [3.63, 3.8) is 0 Å². The monoisotopic (exact) mass is 383 g/mol. The first-order valence-electron chi connectivity index (χ1n) is 8.68. The molecule has 1 aliphatic rings. The second-order valence-electron chi connectivity index (χ2n) is 7.49. The molecule has 27 heavy (non-hydrogen) atoms. The number of benzene rings is 1. The number of halogens is 3. The van der Waals surface area contributed by atoms with E-state index in [1.807, 2.05) is 20.8 Å². The SMILES string of the molecule is COC1(C#Cc2ccc(C(F)(F)F)cc2)CCN(C(=O)OC(C)(C)C)CC1. The number of amides is 1. The Labute approximate surface area is 157 Å². The summed E-state index contributed by atoms with van der Waals surface area (Å²) in [6, 6.07) is 4.70. The molecule has 1 aromatic rings. The third kappa shape index (κ3) is 5.90. The lowest BCUT2D eigenvalue weighted by atomic mass is 9.91. The third-order valence-corrected chi connectivity index (χ3v) is 4.26. The van der Waals surface area contributed by atoms with Crippen molar-refractivity contribution in [1.29, 1.82) is 0 Å². The van der Waals surface area contributed by atoms with Crippen LogP contribution in [0, 0.1) is 11.8 Å². The summed E-state index contributed by atoms with van der Waals surface area (Å²) >= 11 is 0. The van der Waals surface area contributed by atoms with Crippen LogP contribution in [0.15, 0.2) is 24.3 Å². The highest BCUT2D eigenvalue weighted by molar-refractivity contribution is 5.68. The Morgan fingerprint density at radius 3 is 2.11 bits per heavy atom. The molecule has 4 nitrogen and oxygen atoms in total. The maximum Gasteiger partial charge on any atom is 0.416 e. The number of rotatable bonds is 1. The van der Waals surface area contributed by atoms with Gasteiger partial charge in [0, 0.05) is 38.6 Å². The predicted molar refractivity (Wildman–Crippen MR) is 95.1 cm³/mol. The molecule has 0 aliphatic carbocycles. The highest BCUT2D eigenvalue weighted by Gasteiger charge is 2.36. The van der Waals surface area contributed by atoms with Gasteiger partial charge in [0.1, 0.15) is 11.2 Å². The zero-order valence-electron chi connectivity index (χ0n) is 15.9. The van der Waals surface area contributed by atoms with E-state index < -0.39 is 22.9 Å². The molecule has 1 aromatic carbocycles. The number of alkyl halides is 3. The molecule has 0 spiro atoms. The number of likely N-dealkylation sites (tertiary alicyclic amines) is 1. The van der Waals surface area contributed by atoms with Crippen molar-refractivity contribution < 1.29 is 27.4 Å². The van der Waals surface area contributed by atoms with Crippen LogP contribution < -0.4 is 0 Å². The Hall–Kier alpha value is -2.20. The molecule has 1 amide bonds. The zero-order chi connectivity index (χ0) is 20.3. The normalized spacial score (nSPS) is 17.1. The molecule has 0 unspecified atom stereocenters. The van der Waals surface area contributed by atoms with Crippen molar-refractivity contribution >= 4 is 6.09 Å². The average Bonchev–Trinajstić information content (AvgIpc) is 2.58. The van der Waals surface area contributed by atoms with E-state index in [2.05, 4.69) is 11.8 Å². The Bertz CT molecular complexity index is 716. The second-order valence-corrected chi connectivity index (χ2v) is 7.49. The van der Waals surface area contributed by atoms with Crippen LogP contribution in [0.3, 0.4) is 0 Å². The summed E-state index contributed by atoms with van der Waals surface area (Å²) in [6.45, 7) is 6.30. The lowest BCUT2D eigenvalue weighted by molar-refractivity contribution is -0.137. The summed E-state index contributed by atoms with van der Waals surface area (Å²) in [5.41, 5.74) is -1.52. The van der Waals surface area contributed by atoms with Crippen molar-refractivity contribution in [3.05, 3.63) is 35.4 Å². The molecule has 0 aromatic heterocycles. The largest absolute Gasteiger partial charge is 0.444 e. The first-order chi connectivity index (χ1) is 12.4. The Morgan fingerprint density at radius 2 is 1.67 bits per heavy atom. The van der Waals surface area contributed by atoms with Crippen molar-refractivity contribution in [2.45, 2.75) is 51.0 Å². The number of nitrogens with zero attached hydrogens (tertiary/aromatic N) is 1. The maximum absolute atomic E-state index is 12.6. The second kappa shape index (κ2) is 7.81. The quantitative estimate of drug-likeness (QED) is 0.672. The molecular formula is C20H24F3NO3. The van der Waals surface area contributed by atoms with Gasteiger partial charge in [-0.1, -0.05) is 11.8 Å². The van der Waals surface area contributed by atoms with Gasteiger partial charge < -0.3 is 14.4 Å². The first kappa shape index (κ1) is 21.1. The molecule has 1 fully saturated rings. The molecule has 0 bridgehead atoms. The van der Waals surface area contributed by atoms with Gasteiger partial charge in [-0.05, 0) is 45.0 Å². The van der Waals surface area contributed by atoms with Gasteiger partial charge in [0.05, 0.1) is 5.56 Å². The van der Waals surface area contributed by atoms with Crippen molar-refractivity contribution in [1.82, 2.24) is 4.90 Å². The number of ether oxygens (including phenoxy) is 2. The molecule has 0 saturated carbocycles. The fourth-order valence-electron chi connectivity index (χ4n) is 2.69. The Kier molecular flexibility index (Phi) is 6.10. The van der Waals surface area contributed by atoms with Gasteiger partial charge in [-0.3, -0.25) is 0 Å². The summed E-state index contributed by atoms with van der Waals surface area (Å²) in [4.78, 5) is 13.8. The fraction of sp³-hybridized carbons (Fsp3) is 0.550. The van der Waals surface area contributed by atoms with Crippen LogP contribution in [-0.4, -0.2) is 42.4 Å². The zero-order valence-corrected chi connectivity index (χ0v) is 15.9. The molecule has 1 aliphatic heterocycles. The van der Waals surface area contributed by atoms with Crippen molar-refractivity contribution in [2.24, 2.45) is 0 Å². The van der Waals surface area contributed by atoms with E-state index in [-0.39, 0.29) is 6.09 Å². The highest BCUT2D eigenvalue weighted by atomic mass is 19.4. The van der Waals surface area contributed by atoms with E-state index >= 15 is 0 Å². The molecule has 0 N–H and O–H groups in total. The minimum absolute atomic E-state index is 0.372. The minimum atomic E-state index is -4.37. The fourth-order valence-corrected chi connectivity index (χ4v) is 2.69. The lowest BCUT2D eigenvalue weighted by Crippen LogP contribution is -2.48. The van der Waals surface area contributed by atoms with Gasteiger partial charge in [-0.15, -0.1) is 0 Å². The van der Waals surface area contributed by atoms with Gasteiger partial charge in [0.2, 0.25) is 0 Å². The summed E-state index contributed by atoms with van der Waals surface area (Å²) in [7, 11) is 1.55. The molecule has 1 saturated heterocycles. The van der Waals surface area contributed by atoms with Gasteiger partial charge in [0.15, 0.2) is 0 Å². The van der Waals surface area contributed by atoms with E-state index in [1.54, 1.807) is 12.0 Å². The van der Waals surface area contributed by atoms with Gasteiger partial charge in [0.25, 0.3) is 0 Å². The number of methoxy groups -OCH3 is 1. The summed E-state index contributed by atoms with van der Waals surface area (Å²) in [5, 5.41) is 0. The summed E-state index contributed by atoms with van der Waals surface area (Å²) in [5.74, 6) is 5.92. The Morgan fingerprint density at radius 1 is 1.11 bits per heavy atom. The third-order valence-electron chi connectivity index (χ3n) is 4.26. The Balaban J connectivity index is 2.04. The van der Waals surface area contributed by atoms with Crippen LogP contribution in [0.4, 0.5) is 18.0 Å². The number of piperidine rings is 1.